The smallest absolute Gasteiger partial charge is 0.137 e. The summed E-state index contributed by atoms with van der Waals surface area (Å²) >= 11 is 0. The topological polar surface area (TPSA) is 0 Å². The molecule has 4 atom stereocenters. The third kappa shape index (κ3) is 5.04. The molecule has 2 fully saturated rings. The lowest BCUT2D eigenvalue weighted by molar-refractivity contribution is 0.113. The molecule has 0 aliphatic heterocycles. The Kier molecular flexibility index (Phi) is 7.46. The summed E-state index contributed by atoms with van der Waals surface area (Å²) in [6, 6.07) is 7.62. The molecule has 0 N–H and O–H groups in total. The Morgan fingerprint density at radius 1 is 1.00 bits per heavy atom. The van der Waals surface area contributed by atoms with E-state index in [1.165, 1.54) is 63.4 Å². The van der Waals surface area contributed by atoms with E-state index in [1.54, 1.807) is 6.07 Å². The molecule has 168 valence electrons. The average molecular weight is 425 g/mol. The van der Waals surface area contributed by atoms with Gasteiger partial charge < -0.3 is 0 Å². The lowest BCUT2D eigenvalue weighted by atomic mass is 9.63. The van der Waals surface area contributed by atoms with E-state index in [4.69, 9.17) is 0 Å². The number of fused-ring (bicyclic) bond motifs is 2. The summed E-state index contributed by atoms with van der Waals surface area (Å²) in [5.74, 6) is 2.46. The standard InChI is InChI=1S/C29H38F2/c1-3-5-7-9-27-28(30)19-25-18-24(14-15-26(25)29(27)31)23-13-12-21-16-20(8-6-4-2)10-11-22(21)17-23/h3,5,14-15,18-23H,4,6-13,16-17H2,1-2H3/b5-3+. The summed E-state index contributed by atoms with van der Waals surface area (Å²) in [6.07, 6.45) is 17.1. The maximum absolute atomic E-state index is 15.0. The van der Waals surface area contributed by atoms with Gasteiger partial charge in [0.25, 0.3) is 0 Å². The summed E-state index contributed by atoms with van der Waals surface area (Å²) in [5.41, 5.74) is 1.50. The zero-order chi connectivity index (χ0) is 21.8. The predicted octanol–water partition coefficient (Wildman–Crippen LogP) is 9.12. The van der Waals surface area contributed by atoms with Crippen LogP contribution in [0.5, 0.6) is 0 Å². The van der Waals surface area contributed by atoms with Crippen LogP contribution in [0.4, 0.5) is 8.78 Å². The summed E-state index contributed by atoms with van der Waals surface area (Å²) in [5, 5.41) is 1.28. The lowest BCUT2D eigenvalue weighted by Gasteiger charge is -2.42. The first kappa shape index (κ1) is 22.5. The highest BCUT2D eigenvalue weighted by Gasteiger charge is 2.35. The molecule has 4 unspecified atom stereocenters. The number of halogens is 2. The molecule has 4 rings (SSSR count). The SMILES string of the molecule is C/C=C/CCc1c(F)cc2cc(C3CCC4CC(CCCC)CCC4C3)ccc2c1F. The fourth-order valence-corrected chi connectivity index (χ4v) is 6.31. The van der Waals surface area contributed by atoms with Crippen LogP contribution in [0.1, 0.15) is 95.1 Å². The first-order chi connectivity index (χ1) is 15.1. The van der Waals surface area contributed by atoms with Gasteiger partial charge in [0.1, 0.15) is 11.6 Å². The van der Waals surface area contributed by atoms with Gasteiger partial charge in [-0.3, -0.25) is 0 Å². The van der Waals surface area contributed by atoms with Crippen molar-refractivity contribution in [2.45, 2.75) is 90.4 Å². The number of unbranched alkanes of at least 4 members (excludes halogenated alkanes) is 1. The molecule has 2 aliphatic rings. The molecule has 2 aromatic carbocycles. The molecule has 2 aromatic rings. The van der Waals surface area contributed by atoms with E-state index >= 15 is 4.39 Å². The molecule has 31 heavy (non-hydrogen) atoms. The Bertz CT molecular complexity index is 913. The van der Waals surface area contributed by atoms with E-state index in [0.29, 0.717) is 29.5 Å². The number of allylic oxidation sites excluding steroid dienone is 2. The fourth-order valence-electron chi connectivity index (χ4n) is 6.31. The minimum Gasteiger partial charge on any atom is -0.207 e. The van der Waals surface area contributed by atoms with Crippen molar-refractivity contribution in [3.8, 4) is 0 Å². The fraction of sp³-hybridized carbons (Fsp3) is 0.586. The van der Waals surface area contributed by atoms with Crippen LogP contribution < -0.4 is 0 Å². The third-order valence-corrected chi connectivity index (χ3v) is 8.10. The second kappa shape index (κ2) is 10.3. The van der Waals surface area contributed by atoms with Gasteiger partial charge in [-0.05, 0) is 92.6 Å². The summed E-state index contributed by atoms with van der Waals surface area (Å²) in [7, 11) is 0. The molecule has 0 spiro atoms. The van der Waals surface area contributed by atoms with Crippen LogP contribution in [0.2, 0.25) is 0 Å². The van der Waals surface area contributed by atoms with Gasteiger partial charge in [-0.15, -0.1) is 0 Å². The van der Waals surface area contributed by atoms with Crippen molar-refractivity contribution in [2.24, 2.45) is 17.8 Å². The highest BCUT2D eigenvalue weighted by molar-refractivity contribution is 5.85. The number of hydrogen-bond acceptors (Lipinski definition) is 0. The second-order valence-corrected chi connectivity index (χ2v) is 10.1. The monoisotopic (exact) mass is 424 g/mol. The van der Waals surface area contributed by atoms with Gasteiger partial charge in [-0.1, -0.05) is 63.0 Å². The molecule has 0 nitrogen and oxygen atoms in total. The van der Waals surface area contributed by atoms with Gasteiger partial charge in [-0.2, -0.15) is 0 Å². The van der Waals surface area contributed by atoms with Crippen LogP contribution in [0.25, 0.3) is 10.8 Å². The number of hydrogen-bond donors (Lipinski definition) is 0. The molecule has 2 aliphatic carbocycles. The van der Waals surface area contributed by atoms with Crippen LogP contribution >= 0.6 is 0 Å². The third-order valence-electron chi connectivity index (χ3n) is 8.10. The van der Waals surface area contributed by atoms with E-state index < -0.39 is 5.82 Å². The zero-order valence-electron chi connectivity index (χ0n) is 19.3. The summed E-state index contributed by atoms with van der Waals surface area (Å²) < 4.78 is 29.7. The zero-order valence-corrected chi connectivity index (χ0v) is 19.3. The second-order valence-electron chi connectivity index (χ2n) is 10.1. The molecular formula is C29H38F2. The summed E-state index contributed by atoms with van der Waals surface area (Å²) in [4.78, 5) is 0. The van der Waals surface area contributed by atoms with E-state index in [9.17, 15) is 4.39 Å². The minimum absolute atomic E-state index is 0.221. The van der Waals surface area contributed by atoms with E-state index in [0.717, 1.165) is 17.8 Å². The van der Waals surface area contributed by atoms with Gasteiger partial charge in [0.15, 0.2) is 0 Å². The summed E-state index contributed by atoms with van der Waals surface area (Å²) in [6.45, 7) is 4.23. The molecule has 2 heteroatoms. The largest absolute Gasteiger partial charge is 0.207 e. The van der Waals surface area contributed by atoms with Gasteiger partial charge >= 0.3 is 0 Å². The van der Waals surface area contributed by atoms with Gasteiger partial charge in [0, 0.05) is 10.9 Å². The minimum atomic E-state index is -0.402. The van der Waals surface area contributed by atoms with Crippen LogP contribution in [0, 0.1) is 29.4 Å². The molecule has 0 radical (unpaired) electrons. The van der Waals surface area contributed by atoms with Crippen molar-refractivity contribution in [1.82, 2.24) is 0 Å². The van der Waals surface area contributed by atoms with Gasteiger partial charge in [-0.25, -0.2) is 8.78 Å². The lowest BCUT2D eigenvalue weighted by Crippen LogP contribution is -2.30. The predicted molar refractivity (Wildman–Crippen MR) is 127 cm³/mol. The Hall–Kier alpha value is -1.70. The number of benzene rings is 2. The van der Waals surface area contributed by atoms with Crippen LogP contribution in [0.15, 0.2) is 36.4 Å². The van der Waals surface area contributed by atoms with Crippen LogP contribution in [-0.2, 0) is 6.42 Å². The maximum atomic E-state index is 15.0. The van der Waals surface area contributed by atoms with E-state index in [1.807, 2.05) is 25.1 Å². The molecule has 0 aromatic heterocycles. The molecule has 0 heterocycles. The molecule has 0 bridgehead atoms. The van der Waals surface area contributed by atoms with Crippen LogP contribution in [0.3, 0.4) is 0 Å². The average Bonchev–Trinajstić information content (AvgIpc) is 2.79. The van der Waals surface area contributed by atoms with Gasteiger partial charge in [0.05, 0.1) is 0 Å². The highest BCUT2D eigenvalue weighted by Crippen LogP contribution is 2.48. The first-order valence-electron chi connectivity index (χ1n) is 12.6. The van der Waals surface area contributed by atoms with Crippen LogP contribution in [-0.4, -0.2) is 0 Å². The number of rotatable bonds is 7. The van der Waals surface area contributed by atoms with E-state index in [-0.39, 0.29) is 11.4 Å². The quantitative estimate of drug-likeness (QED) is 0.389. The van der Waals surface area contributed by atoms with Crippen molar-refractivity contribution >= 4 is 10.8 Å². The molecule has 2 saturated carbocycles. The Morgan fingerprint density at radius 3 is 2.61 bits per heavy atom. The molecular weight excluding hydrogens is 386 g/mol. The van der Waals surface area contributed by atoms with Crippen molar-refractivity contribution in [1.29, 1.82) is 0 Å². The van der Waals surface area contributed by atoms with Crippen molar-refractivity contribution < 1.29 is 8.78 Å². The molecule has 0 saturated heterocycles. The Labute approximate surface area is 187 Å². The first-order valence-corrected chi connectivity index (χ1v) is 12.6. The van der Waals surface area contributed by atoms with Gasteiger partial charge in [0.2, 0.25) is 0 Å². The molecule has 0 amide bonds. The van der Waals surface area contributed by atoms with Crippen molar-refractivity contribution in [3.05, 3.63) is 59.2 Å². The van der Waals surface area contributed by atoms with E-state index in [2.05, 4.69) is 19.1 Å². The highest BCUT2D eigenvalue weighted by atomic mass is 19.1. The normalized spacial score (nSPS) is 26.5. The van der Waals surface area contributed by atoms with Crippen molar-refractivity contribution in [2.75, 3.05) is 0 Å². The Morgan fingerprint density at radius 2 is 1.81 bits per heavy atom. The van der Waals surface area contributed by atoms with Crippen molar-refractivity contribution in [3.63, 3.8) is 0 Å². The Balaban J connectivity index is 1.47. The maximum Gasteiger partial charge on any atom is 0.137 e.